The first-order chi connectivity index (χ1) is 9.11. The van der Waals surface area contributed by atoms with Gasteiger partial charge in [0.1, 0.15) is 5.75 Å². The lowest BCUT2D eigenvalue weighted by atomic mass is 9.97. The van der Waals surface area contributed by atoms with E-state index in [1.54, 1.807) is 34.6 Å². The predicted molar refractivity (Wildman–Crippen MR) is 73.7 cm³/mol. The third kappa shape index (κ3) is 4.26. The van der Waals surface area contributed by atoms with Gasteiger partial charge in [0.15, 0.2) is 11.5 Å². The first-order valence-corrected chi connectivity index (χ1v) is 6.38. The summed E-state index contributed by atoms with van der Waals surface area (Å²) in [4.78, 5) is 23.5. The molecule has 0 radical (unpaired) electrons. The van der Waals surface area contributed by atoms with Gasteiger partial charge in [0.05, 0.1) is 11.3 Å². The Labute approximate surface area is 118 Å². The van der Waals surface area contributed by atoms with Gasteiger partial charge in [-0.25, -0.2) is 0 Å². The summed E-state index contributed by atoms with van der Waals surface area (Å²) in [5.41, 5.74) is -0.683. The molecule has 110 valence electrons. The Morgan fingerprint density at radius 3 is 2.20 bits per heavy atom. The minimum absolute atomic E-state index is 0.0290. The minimum Gasteiger partial charge on any atom is -0.508 e. The second-order valence-electron chi connectivity index (χ2n) is 5.85. The number of benzene rings is 1. The molecular weight excluding hydrogens is 260 g/mol. The van der Waals surface area contributed by atoms with Gasteiger partial charge < -0.3 is 14.6 Å². The molecule has 0 aliphatic rings. The van der Waals surface area contributed by atoms with E-state index in [0.717, 1.165) is 0 Å². The highest BCUT2D eigenvalue weighted by molar-refractivity contribution is 5.80. The largest absolute Gasteiger partial charge is 0.508 e. The molecule has 0 spiro atoms. The lowest BCUT2D eigenvalue weighted by Crippen LogP contribution is -2.26. The average Bonchev–Trinajstić information content (AvgIpc) is 2.31. The highest BCUT2D eigenvalue weighted by Crippen LogP contribution is 2.33. The first-order valence-electron chi connectivity index (χ1n) is 6.38. The molecule has 0 unspecified atom stereocenters. The number of carbonyl (C=O) groups is 2. The van der Waals surface area contributed by atoms with E-state index in [9.17, 15) is 14.7 Å². The van der Waals surface area contributed by atoms with Crippen LogP contribution in [0.1, 0.15) is 34.6 Å². The Morgan fingerprint density at radius 2 is 1.70 bits per heavy atom. The summed E-state index contributed by atoms with van der Waals surface area (Å²) in [5, 5.41) is 9.45. The molecule has 0 aliphatic heterocycles. The van der Waals surface area contributed by atoms with E-state index in [-0.39, 0.29) is 23.2 Å². The van der Waals surface area contributed by atoms with Gasteiger partial charge in [-0.2, -0.15) is 0 Å². The number of phenolic OH excluding ortho intramolecular Hbond substituents is 1. The molecule has 1 rings (SSSR count). The average molecular weight is 280 g/mol. The van der Waals surface area contributed by atoms with Crippen molar-refractivity contribution in [1.29, 1.82) is 0 Å². The maximum Gasteiger partial charge on any atom is 0.316 e. The van der Waals surface area contributed by atoms with Crippen molar-refractivity contribution in [2.24, 2.45) is 11.3 Å². The van der Waals surface area contributed by atoms with Gasteiger partial charge in [-0.3, -0.25) is 9.59 Å². The lowest BCUT2D eigenvalue weighted by Gasteiger charge is -2.18. The SMILES string of the molecule is CC(C)C(=O)Oc1cc(O)ccc1OC(=O)C(C)(C)C. The zero-order chi connectivity index (χ0) is 15.5. The molecule has 0 aliphatic carbocycles. The van der Waals surface area contributed by atoms with Crippen LogP contribution in [0.4, 0.5) is 0 Å². The van der Waals surface area contributed by atoms with Crippen LogP contribution in [-0.4, -0.2) is 17.0 Å². The summed E-state index contributed by atoms with van der Waals surface area (Å²) in [6, 6.07) is 3.99. The molecule has 0 heterocycles. The summed E-state index contributed by atoms with van der Waals surface area (Å²) in [7, 11) is 0. The van der Waals surface area contributed by atoms with Crippen molar-refractivity contribution in [3.8, 4) is 17.2 Å². The molecule has 5 nitrogen and oxygen atoms in total. The van der Waals surface area contributed by atoms with E-state index in [2.05, 4.69) is 0 Å². The number of hydrogen-bond acceptors (Lipinski definition) is 5. The first kappa shape index (κ1) is 16.0. The highest BCUT2D eigenvalue weighted by atomic mass is 16.6. The Bertz CT molecular complexity index is 511. The number of aromatic hydroxyl groups is 1. The zero-order valence-electron chi connectivity index (χ0n) is 12.4. The van der Waals surface area contributed by atoms with Crippen LogP contribution in [-0.2, 0) is 9.59 Å². The second kappa shape index (κ2) is 5.94. The molecule has 0 aromatic heterocycles. The van der Waals surface area contributed by atoms with E-state index >= 15 is 0 Å². The number of phenols is 1. The van der Waals surface area contributed by atoms with Gasteiger partial charge in [0, 0.05) is 6.07 Å². The van der Waals surface area contributed by atoms with Crippen LogP contribution < -0.4 is 9.47 Å². The lowest BCUT2D eigenvalue weighted by molar-refractivity contribution is -0.144. The van der Waals surface area contributed by atoms with Crippen molar-refractivity contribution in [3.63, 3.8) is 0 Å². The smallest absolute Gasteiger partial charge is 0.316 e. The number of ether oxygens (including phenoxy) is 2. The van der Waals surface area contributed by atoms with Gasteiger partial charge in [-0.1, -0.05) is 13.8 Å². The van der Waals surface area contributed by atoms with Crippen molar-refractivity contribution >= 4 is 11.9 Å². The second-order valence-corrected chi connectivity index (χ2v) is 5.85. The fourth-order valence-electron chi connectivity index (χ4n) is 1.14. The van der Waals surface area contributed by atoms with Crippen LogP contribution in [0.2, 0.25) is 0 Å². The Kier molecular flexibility index (Phi) is 4.76. The number of hydrogen-bond donors (Lipinski definition) is 1. The quantitative estimate of drug-likeness (QED) is 0.680. The summed E-state index contributed by atoms with van der Waals surface area (Å²) in [5.74, 6) is -1.19. The molecule has 0 fully saturated rings. The van der Waals surface area contributed by atoms with E-state index in [4.69, 9.17) is 9.47 Å². The Hall–Kier alpha value is -2.04. The minimum atomic E-state index is -0.683. The molecule has 0 amide bonds. The van der Waals surface area contributed by atoms with Crippen molar-refractivity contribution in [2.45, 2.75) is 34.6 Å². The maximum atomic E-state index is 11.9. The molecule has 20 heavy (non-hydrogen) atoms. The summed E-state index contributed by atoms with van der Waals surface area (Å²) >= 11 is 0. The van der Waals surface area contributed by atoms with Crippen LogP contribution in [0.3, 0.4) is 0 Å². The maximum absolute atomic E-state index is 11.9. The van der Waals surface area contributed by atoms with Crippen molar-refractivity contribution in [1.82, 2.24) is 0 Å². The van der Waals surface area contributed by atoms with E-state index in [1.807, 2.05) is 0 Å². The monoisotopic (exact) mass is 280 g/mol. The van der Waals surface area contributed by atoms with Gasteiger partial charge in [0.2, 0.25) is 0 Å². The highest BCUT2D eigenvalue weighted by Gasteiger charge is 2.25. The molecule has 0 bridgehead atoms. The molecule has 5 heteroatoms. The van der Waals surface area contributed by atoms with Crippen LogP contribution in [0.15, 0.2) is 18.2 Å². The normalized spacial score (nSPS) is 11.3. The number of esters is 2. The molecular formula is C15H20O5. The van der Waals surface area contributed by atoms with Crippen LogP contribution in [0.5, 0.6) is 17.2 Å². The molecule has 0 saturated carbocycles. The standard InChI is InChI=1S/C15H20O5/c1-9(2)13(17)19-12-8-10(16)6-7-11(12)20-14(18)15(3,4)5/h6-9,16H,1-5H3. The molecule has 1 aromatic rings. The molecule has 1 aromatic carbocycles. The van der Waals surface area contributed by atoms with Gasteiger partial charge in [-0.05, 0) is 32.9 Å². The van der Waals surface area contributed by atoms with Gasteiger partial charge >= 0.3 is 11.9 Å². The van der Waals surface area contributed by atoms with E-state index in [1.165, 1.54) is 18.2 Å². The van der Waals surface area contributed by atoms with Crippen LogP contribution in [0, 0.1) is 11.3 Å². The predicted octanol–water partition coefficient (Wildman–Crippen LogP) is 2.91. The topological polar surface area (TPSA) is 72.8 Å². The summed E-state index contributed by atoms with van der Waals surface area (Å²) in [6.07, 6.45) is 0. The molecule has 1 N–H and O–H groups in total. The number of rotatable bonds is 3. The zero-order valence-corrected chi connectivity index (χ0v) is 12.4. The summed E-state index contributed by atoms with van der Waals surface area (Å²) in [6.45, 7) is 8.53. The fraction of sp³-hybridized carbons (Fsp3) is 0.467. The van der Waals surface area contributed by atoms with Gasteiger partial charge in [0.25, 0.3) is 0 Å². The van der Waals surface area contributed by atoms with Crippen molar-refractivity contribution < 1.29 is 24.2 Å². The fourth-order valence-corrected chi connectivity index (χ4v) is 1.14. The molecule has 0 saturated heterocycles. The van der Waals surface area contributed by atoms with Crippen molar-refractivity contribution in [2.75, 3.05) is 0 Å². The van der Waals surface area contributed by atoms with E-state index in [0.29, 0.717) is 0 Å². The molecule has 0 atom stereocenters. The Morgan fingerprint density at radius 1 is 1.10 bits per heavy atom. The van der Waals surface area contributed by atoms with E-state index < -0.39 is 17.4 Å². The van der Waals surface area contributed by atoms with Crippen LogP contribution in [0.25, 0.3) is 0 Å². The van der Waals surface area contributed by atoms with Gasteiger partial charge in [-0.15, -0.1) is 0 Å². The summed E-state index contributed by atoms with van der Waals surface area (Å²) < 4.78 is 10.3. The van der Waals surface area contributed by atoms with Crippen LogP contribution >= 0.6 is 0 Å². The Balaban J connectivity index is 3.02. The third-order valence-corrected chi connectivity index (χ3v) is 2.42. The third-order valence-electron chi connectivity index (χ3n) is 2.42. The van der Waals surface area contributed by atoms with Crippen molar-refractivity contribution in [3.05, 3.63) is 18.2 Å². The number of carbonyl (C=O) groups excluding carboxylic acids is 2.